The van der Waals surface area contributed by atoms with Gasteiger partial charge in [0.15, 0.2) is 0 Å². The van der Waals surface area contributed by atoms with Gasteiger partial charge in [-0.05, 0) is 49.1 Å². The molecule has 1 aromatic rings. The highest BCUT2D eigenvalue weighted by Gasteiger charge is 2.21. The number of hydrogen-bond acceptors (Lipinski definition) is 2. The van der Waals surface area contributed by atoms with E-state index in [2.05, 4.69) is 18.4 Å². The molecule has 1 nitrogen and oxygen atoms in total. The molecule has 78 valence electrons. The van der Waals surface area contributed by atoms with E-state index in [-0.39, 0.29) is 6.10 Å². The fourth-order valence-corrected chi connectivity index (χ4v) is 3.45. The summed E-state index contributed by atoms with van der Waals surface area (Å²) in [5, 5.41) is 11.9. The van der Waals surface area contributed by atoms with Gasteiger partial charge in [-0.25, -0.2) is 0 Å². The van der Waals surface area contributed by atoms with Crippen molar-refractivity contribution in [1.82, 2.24) is 0 Å². The summed E-state index contributed by atoms with van der Waals surface area (Å²) >= 11 is 1.86. The second-order valence-corrected chi connectivity index (χ2v) is 5.29. The van der Waals surface area contributed by atoms with Gasteiger partial charge in [-0.3, -0.25) is 0 Å². The molecule has 0 bridgehead atoms. The first-order valence-electron chi connectivity index (χ1n) is 5.49. The van der Waals surface area contributed by atoms with Crippen LogP contribution < -0.4 is 0 Å². The Labute approximate surface area is 89.8 Å². The molecule has 1 heterocycles. The van der Waals surface area contributed by atoms with Crippen LogP contribution in [0, 0.1) is 6.92 Å². The van der Waals surface area contributed by atoms with Crippen molar-refractivity contribution >= 4 is 11.3 Å². The van der Waals surface area contributed by atoms with Crippen molar-refractivity contribution in [3.8, 4) is 0 Å². The molecule has 0 radical (unpaired) electrons. The number of aryl methyl sites for hydroxylation is 1. The maximum absolute atomic E-state index is 9.75. The molecular weight excluding hydrogens is 192 g/mol. The summed E-state index contributed by atoms with van der Waals surface area (Å²) in [5.74, 6) is 0.618. The third-order valence-corrected chi connectivity index (χ3v) is 4.35. The highest BCUT2D eigenvalue weighted by atomic mass is 32.1. The minimum absolute atomic E-state index is 0.0657. The van der Waals surface area contributed by atoms with Gasteiger partial charge in [-0.15, -0.1) is 11.3 Å². The molecule has 2 rings (SSSR count). The summed E-state index contributed by atoms with van der Waals surface area (Å²) in [6.07, 6.45) is 5.64. The van der Waals surface area contributed by atoms with Crippen molar-refractivity contribution in [2.45, 2.75) is 51.0 Å². The van der Waals surface area contributed by atoms with E-state index in [1.807, 2.05) is 11.3 Å². The highest BCUT2D eigenvalue weighted by molar-refractivity contribution is 7.10. The molecule has 2 heteroatoms. The van der Waals surface area contributed by atoms with Crippen molar-refractivity contribution in [2.75, 3.05) is 0 Å². The first-order valence-corrected chi connectivity index (χ1v) is 6.37. The van der Waals surface area contributed by atoms with Gasteiger partial charge < -0.3 is 5.11 Å². The van der Waals surface area contributed by atoms with Crippen LogP contribution in [0.15, 0.2) is 11.4 Å². The van der Waals surface area contributed by atoms with Crippen LogP contribution in [0.25, 0.3) is 0 Å². The summed E-state index contributed by atoms with van der Waals surface area (Å²) in [6.45, 7) is 2.18. The molecule has 0 amide bonds. The minimum Gasteiger partial charge on any atom is -0.393 e. The number of hydrogen-bond donors (Lipinski definition) is 1. The number of thiophene rings is 1. The molecule has 2 atom stereocenters. The molecule has 0 aliphatic heterocycles. The van der Waals surface area contributed by atoms with Gasteiger partial charge in [-0.1, -0.05) is 12.8 Å². The number of aliphatic hydroxyl groups excluding tert-OH is 1. The lowest BCUT2D eigenvalue weighted by molar-refractivity contribution is 0.152. The molecule has 0 aromatic carbocycles. The van der Waals surface area contributed by atoms with Crippen molar-refractivity contribution in [1.29, 1.82) is 0 Å². The lowest BCUT2D eigenvalue weighted by atomic mass is 9.95. The fraction of sp³-hybridized carbons (Fsp3) is 0.667. The lowest BCUT2D eigenvalue weighted by Gasteiger charge is -2.15. The Hall–Kier alpha value is -0.340. The second kappa shape index (κ2) is 4.45. The molecule has 1 saturated carbocycles. The van der Waals surface area contributed by atoms with Gasteiger partial charge in [0.1, 0.15) is 0 Å². The Kier molecular flexibility index (Phi) is 3.24. The zero-order valence-electron chi connectivity index (χ0n) is 8.70. The van der Waals surface area contributed by atoms with Crippen LogP contribution in [-0.4, -0.2) is 11.2 Å². The van der Waals surface area contributed by atoms with Gasteiger partial charge >= 0.3 is 0 Å². The van der Waals surface area contributed by atoms with Crippen LogP contribution in [0.3, 0.4) is 0 Å². The van der Waals surface area contributed by atoms with Gasteiger partial charge in [0.2, 0.25) is 0 Å². The van der Waals surface area contributed by atoms with Crippen LogP contribution >= 0.6 is 11.3 Å². The lowest BCUT2D eigenvalue weighted by Crippen LogP contribution is -2.08. The molecule has 0 spiro atoms. The summed E-state index contributed by atoms with van der Waals surface area (Å²) in [5.41, 5.74) is 1.41. The van der Waals surface area contributed by atoms with E-state index in [1.165, 1.54) is 29.7 Å². The SMILES string of the molecule is Cc1ccsc1C1CCCCC(O)C1. The Morgan fingerprint density at radius 1 is 1.36 bits per heavy atom. The Balaban J connectivity index is 2.13. The average Bonchev–Trinajstić information content (AvgIpc) is 2.45. The molecular formula is C12H18OS. The van der Waals surface area contributed by atoms with Crippen molar-refractivity contribution in [3.05, 3.63) is 21.9 Å². The van der Waals surface area contributed by atoms with E-state index in [0.29, 0.717) is 5.92 Å². The molecule has 1 aliphatic carbocycles. The largest absolute Gasteiger partial charge is 0.393 e. The smallest absolute Gasteiger partial charge is 0.0546 e. The Morgan fingerprint density at radius 3 is 2.86 bits per heavy atom. The maximum Gasteiger partial charge on any atom is 0.0546 e. The van der Waals surface area contributed by atoms with E-state index in [4.69, 9.17) is 0 Å². The van der Waals surface area contributed by atoms with Crippen molar-refractivity contribution in [3.63, 3.8) is 0 Å². The number of rotatable bonds is 1. The molecule has 14 heavy (non-hydrogen) atoms. The summed E-state index contributed by atoms with van der Waals surface area (Å²) in [6, 6.07) is 2.19. The quantitative estimate of drug-likeness (QED) is 0.704. The molecule has 1 aromatic heterocycles. The van der Waals surface area contributed by atoms with Gasteiger partial charge in [0.05, 0.1) is 6.10 Å². The van der Waals surface area contributed by atoms with Crippen molar-refractivity contribution < 1.29 is 5.11 Å². The van der Waals surface area contributed by atoms with Gasteiger partial charge in [0.25, 0.3) is 0 Å². The second-order valence-electron chi connectivity index (χ2n) is 4.34. The standard InChI is InChI=1S/C12H18OS/c1-9-6-7-14-12(9)10-4-2-3-5-11(13)8-10/h6-7,10-11,13H,2-5,8H2,1H3. The van der Waals surface area contributed by atoms with Crippen molar-refractivity contribution in [2.24, 2.45) is 0 Å². The fourth-order valence-electron chi connectivity index (χ4n) is 2.38. The Morgan fingerprint density at radius 2 is 2.14 bits per heavy atom. The predicted molar refractivity (Wildman–Crippen MR) is 60.9 cm³/mol. The summed E-state index contributed by atoms with van der Waals surface area (Å²) in [4.78, 5) is 1.51. The predicted octanol–water partition coefficient (Wildman–Crippen LogP) is 3.47. The molecule has 1 fully saturated rings. The van der Waals surface area contributed by atoms with Crippen LogP contribution in [-0.2, 0) is 0 Å². The van der Waals surface area contributed by atoms with Gasteiger partial charge in [-0.2, -0.15) is 0 Å². The molecule has 0 saturated heterocycles. The van der Waals surface area contributed by atoms with Gasteiger partial charge in [0, 0.05) is 4.88 Å². The highest BCUT2D eigenvalue weighted by Crippen LogP contribution is 2.36. The summed E-state index contributed by atoms with van der Waals surface area (Å²) < 4.78 is 0. The van der Waals surface area contributed by atoms with E-state index in [1.54, 1.807) is 0 Å². The van der Waals surface area contributed by atoms with E-state index in [9.17, 15) is 5.11 Å². The monoisotopic (exact) mass is 210 g/mol. The summed E-state index contributed by atoms with van der Waals surface area (Å²) in [7, 11) is 0. The van der Waals surface area contributed by atoms with E-state index >= 15 is 0 Å². The van der Waals surface area contributed by atoms with Crippen LogP contribution in [0.4, 0.5) is 0 Å². The van der Waals surface area contributed by atoms with Crippen LogP contribution in [0.1, 0.15) is 48.5 Å². The number of aliphatic hydroxyl groups is 1. The molecule has 1 aliphatic rings. The minimum atomic E-state index is -0.0657. The first kappa shape index (κ1) is 10.2. The normalized spacial score (nSPS) is 28.7. The third-order valence-electron chi connectivity index (χ3n) is 3.17. The third kappa shape index (κ3) is 2.18. The average molecular weight is 210 g/mol. The van der Waals surface area contributed by atoms with Crippen LogP contribution in [0.2, 0.25) is 0 Å². The zero-order valence-corrected chi connectivity index (χ0v) is 9.52. The molecule has 2 unspecified atom stereocenters. The first-order chi connectivity index (χ1) is 6.77. The van der Waals surface area contributed by atoms with E-state index < -0.39 is 0 Å². The molecule has 1 N–H and O–H groups in total. The Bertz CT molecular complexity index is 292. The maximum atomic E-state index is 9.75. The van der Waals surface area contributed by atoms with E-state index in [0.717, 1.165) is 12.8 Å². The van der Waals surface area contributed by atoms with Crippen LogP contribution in [0.5, 0.6) is 0 Å². The topological polar surface area (TPSA) is 20.2 Å². The zero-order chi connectivity index (χ0) is 9.97.